The van der Waals surface area contributed by atoms with Crippen LogP contribution in [0.25, 0.3) is 0 Å². The first-order chi connectivity index (χ1) is 7.10. The van der Waals surface area contributed by atoms with Gasteiger partial charge in [-0.1, -0.05) is 25.1 Å². The number of amidine groups is 1. The first-order valence-corrected chi connectivity index (χ1v) is 6.43. The molecule has 4 heteroatoms. The third-order valence-corrected chi connectivity index (χ3v) is 3.03. The molecule has 0 saturated carbocycles. The van der Waals surface area contributed by atoms with Crippen LogP contribution in [0.15, 0.2) is 16.3 Å². The first kappa shape index (κ1) is 12.3. The van der Waals surface area contributed by atoms with Crippen LogP contribution >= 0.6 is 11.8 Å². The number of ketones is 1. The maximum Gasteiger partial charge on any atom is 0.161 e. The van der Waals surface area contributed by atoms with E-state index in [-0.39, 0.29) is 11.8 Å². The van der Waals surface area contributed by atoms with E-state index in [0.29, 0.717) is 0 Å². The number of hydrogen-bond acceptors (Lipinski definition) is 4. The van der Waals surface area contributed by atoms with Crippen LogP contribution in [0.3, 0.4) is 0 Å². The normalized spacial score (nSPS) is 21.1. The predicted molar refractivity (Wildman–Crippen MR) is 66.2 cm³/mol. The van der Waals surface area contributed by atoms with E-state index in [1.165, 1.54) is 0 Å². The van der Waals surface area contributed by atoms with Crippen molar-refractivity contribution in [3.05, 3.63) is 11.3 Å². The number of carbonyl (C=O) groups is 1. The molecular weight excluding hydrogens is 208 g/mol. The molecule has 1 aliphatic rings. The standard InChI is InChI=1S/C11H18N2OS/c1-5-6-9-10(8(3)14)7(2)12-11(13-9)15-4/h9H,5-6H2,1-4H3,(H,12,13)/t9-/m0/s1. The average molecular weight is 226 g/mol. The second kappa shape index (κ2) is 5.35. The average Bonchev–Trinajstić information content (AvgIpc) is 2.16. The Bertz CT molecular complexity index is 321. The highest BCUT2D eigenvalue weighted by Gasteiger charge is 2.24. The van der Waals surface area contributed by atoms with Gasteiger partial charge < -0.3 is 5.32 Å². The van der Waals surface area contributed by atoms with Crippen LogP contribution in [-0.4, -0.2) is 23.2 Å². The number of aliphatic imine (C=N–C) groups is 1. The lowest BCUT2D eigenvalue weighted by Crippen LogP contribution is -2.32. The van der Waals surface area contributed by atoms with Gasteiger partial charge in [0.25, 0.3) is 0 Å². The summed E-state index contributed by atoms with van der Waals surface area (Å²) in [6, 6.07) is 0.0520. The van der Waals surface area contributed by atoms with Gasteiger partial charge in [-0.25, -0.2) is 0 Å². The fraction of sp³-hybridized carbons (Fsp3) is 0.636. The quantitative estimate of drug-likeness (QED) is 0.803. The highest BCUT2D eigenvalue weighted by molar-refractivity contribution is 8.13. The summed E-state index contributed by atoms with van der Waals surface area (Å²) in [6.07, 6.45) is 3.97. The number of allylic oxidation sites excluding steroid dienone is 1. The zero-order valence-electron chi connectivity index (χ0n) is 9.76. The number of carbonyl (C=O) groups excluding carboxylic acids is 1. The van der Waals surface area contributed by atoms with Gasteiger partial charge in [-0.05, 0) is 26.5 Å². The minimum atomic E-state index is 0.0520. The molecule has 0 unspecified atom stereocenters. The van der Waals surface area contributed by atoms with Crippen molar-refractivity contribution in [3.8, 4) is 0 Å². The fourth-order valence-corrected chi connectivity index (χ4v) is 2.29. The first-order valence-electron chi connectivity index (χ1n) is 5.20. The van der Waals surface area contributed by atoms with Crippen LogP contribution in [0.5, 0.6) is 0 Å². The summed E-state index contributed by atoms with van der Waals surface area (Å²) in [6.45, 7) is 5.68. The molecule has 15 heavy (non-hydrogen) atoms. The smallest absolute Gasteiger partial charge is 0.161 e. The van der Waals surface area contributed by atoms with Crippen molar-refractivity contribution < 1.29 is 4.79 Å². The van der Waals surface area contributed by atoms with E-state index in [9.17, 15) is 4.79 Å². The zero-order valence-corrected chi connectivity index (χ0v) is 10.6. The molecule has 0 bridgehead atoms. The molecular formula is C11H18N2OS. The SMILES string of the molecule is CCC[C@@H]1N=C(SC)NC(C)=C1C(C)=O. The second-order valence-corrected chi connectivity index (χ2v) is 4.46. The number of hydrogen-bond donors (Lipinski definition) is 1. The number of thioether (sulfide) groups is 1. The molecule has 1 aliphatic heterocycles. The maximum absolute atomic E-state index is 11.5. The number of nitrogens with one attached hydrogen (secondary N) is 1. The summed E-state index contributed by atoms with van der Waals surface area (Å²) in [5.74, 6) is 0.127. The number of Topliss-reactive ketones (excluding diaryl/α,β-unsaturated/α-hetero) is 1. The highest BCUT2D eigenvalue weighted by Crippen LogP contribution is 2.22. The Labute approximate surface area is 95.4 Å². The van der Waals surface area contributed by atoms with Crippen molar-refractivity contribution in [1.82, 2.24) is 5.32 Å². The molecule has 0 aromatic heterocycles. The monoisotopic (exact) mass is 226 g/mol. The fourth-order valence-electron chi connectivity index (χ4n) is 1.80. The van der Waals surface area contributed by atoms with Gasteiger partial charge in [-0.15, -0.1) is 0 Å². The van der Waals surface area contributed by atoms with E-state index in [4.69, 9.17) is 0 Å². The van der Waals surface area contributed by atoms with Crippen LogP contribution < -0.4 is 5.32 Å². The highest BCUT2D eigenvalue weighted by atomic mass is 32.2. The molecule has 0 amide bonds. The van der Waals surface area contributed by atoms with E-state index in [2.05, 4.69) is 17.2 Å². The van der Waals surface area contributed by atoms with E-state index >= 15 is 0 Å². The van der Waals surface area contributed by atoms with E-state index in [1.807, 2.05) is 13.2 Å². The molecule has 1 atom stereocenters. The molecule has 0 fully saturated rings. The van der Waals surface area contributed by atoms with Crippen LogP contribution in [0.4, 0.5) is 0 Å². The van der Waals surface area contributed by atoms with Gasteiger partial charge in [0.1, 0.15) is 0 Å². The van der Waals surface area contributed by atoms with Gasteiger partial charge >= 0.3 is 0 Å². The molecule has 0 spiro atoms. The van der Waals surface area contributed by atoms with Crippen LogP contribution in [0, 0.1) is 0 Å². The lowest BCUT2D eigenvalue weighted by atomic mass is 9.97. The van der Waals surface area contributed by atoms with E-state index in [1.54, 1.807) is 18.7 Å². The van der Waals surface area contributed by atoms with Crippen molar-refractivity contribution in [2.45, 2.75) is 39.7 Å². The Balaban J connectivity index is 2.97. The van der Waals surface area contributed by atoms with Crippen molar-refractivity contribution in [2.75, 3.05) is 6.26 Å². The Morgan fingerprint density at radius 3 is 2.73 bits per heavy atom. The molecule has 1 rings (SSSR count). The number of rotatable bonds is 3. The molecule has 0 saturated heterocycles. The minimum absolute atomic E-state index is 0.0520. The van der Waals surface area contributed by atoms with E-state index in [0.717, 1.165) is 29.3 Å². The summed E-state index contributed by atoms with van der Waals surface area (Å²) in [5, 5.41) is 4.07. The number of nitrogens with zero attached hydrogens (tertiary/aromatic N) is 1. The molecule has 1 heterocycles. The van der Waals surface area contributed by atoms with Gasteiger partial charge in [-0.2, -0.15) is 0 Å². The van der Waals surface area contributed by atoms with Gasteiger partial charge in [0.15, 0.2) is 11.0 Å². The summed E-state index contributed by atoms with van der Waals surface area (Å²) in [4.78, 5) is 16.0. The van der Waals surface area contributed by atoms with Crippen molar-refractivity contribution >= 4 is 22.7 Å². The van der Waals surface area contributed by atoms with Gasteiger partial charge in [0.2, 0.25) is 0 Å². The van der Waals surface area contributed by atoms with Crippen molar-refractivity contribution in [1.29, 1.82) is 0 Å². The van der Waals surface area contributed by atoms with Crippen molar-refractivity contribution in [3.63, 3.8) is 0 Å². The van der Waals surface area contributed by atoms with Crippen LogP contribution in [0.2, 0.25) is 0 Å². The lowest BCUT2D eigenvalue weighted by Gasteiger charge is -2.24. The summed E-state index contributed by atoms with van der Waals surface area (Å²) >= 11 is 1.59. The summed E-state index contributed by atoms with van der Waals surface area (Å²) in [5.41, 5.74) is 1.80. The Kier molecular flexibility index (Phi) is 4.39. The summed E-state index contributed by atoms with van der Waals surface area (Å²) < 4.78 is 0. The second-order valence-electron chi connectivity index (χ2n) is 3.66. The molecule has 84 valence electrons. The van der Waals surface area contributed by atoms with Crippen LogP contribution in [-0.2, 0) is 4.79 Å². The largest absolute Gasteiger partial charge is 0.338 e. The van der Waals surface area contributed by atoms with E-state index < -0.39 is 0 Å². The molecule has 0 radical (unpaired) electrons. The Hall–Kier alpha value is -0.770. The van der Waals surface area contributed by atoms with Crippen LogP contribution in [0.1, 0.15) is 33.6 Å². The van der Waals surface area contributed by atoms with Gasteiger partial charge in [-0.3, -0.25) is 9.79 Å². The molecule has 0 aromatic rings. The molecule has 1 N–H and O–H groups in total. The predicted octanol–water partition coefficient (Wildman–Crippen LogP) is 2.34. The third-order valence-electron chi connectivity index (χ3n) is 2.44. The zero-order chi connectivity index (χ0) is 11.4. The molecule has 0 aliphatic carbocycles. The van der Waals surface area contributed by atoms with Crippen molar-refractivity contribution in [2.24, 2.45) is 4.99 Å². The maximum atomic E-state index is 11.5. The molecule has 3 nitrogen and oxygen atoms in total. The van der Waals surface area contributed by atoms with Gasteiger partial charge in [0, 0.05) is 11.3 Å². The lowest BCUT2D eigenvalue weighted by molar-refractivity contribution is -0.113. The molecule has 0 aromatic carbocycles. The Morgan fingerprint density at radius 2 is 2.27 bits per heavy atom. The third kappa shape index (κ3) is 2.84. The summed E-state index contributed by atoms with van der Waals surface area (Å²) in [7, 11) is 0. The van der Waals surface area contributed by atoms with Gasteiger partial charge in [0.05, 0.1) is 6.04 Å². The minimum Gasteiger partial charge on any atom is -0.338 e. The Morgan fingerprint density at radius 1 is 1.60 bits per heavy atom. The topological polar surface area (TPSA) is 41.5 Å².